The third-order valence-electron chi connectivity index (χ3n) is 3.07. The minimum absolute atomic E-state index is 0.204. The van der Waals surface area contributed by atoms with Gasteiger partial charge in [-0.3, -0.25) is 4.79 Å². The largest absolute Gasteiger partial charge is 0.462 e. The lowest BCUT2D eigenvalue weighted by Crippen LogP contribution is -2.12. The van der Waals surface area contributed by atoms with Crippen molar-refractivity contribution in [3.8, 4) is 0 Å². The Bertz CT molecular complexity index is 269. The van der Waals surface area contributed by atoms with Gasteiger partial charge in [-0.15, -0.1) is 0 Å². The van der Waals surface area contributed by atoms with Crippen LogP contribution in [0.1, 0.15) is 52.4 Å². The molecule has 0 aromatic heterocycles. The lowest BCUT2D eigenvalue weighted by molar-refractivity contribution is -0.139. The zero-order valence-corrected chi connectivity index (χ0v) is 12.2. The maximum atomic E-state index is 10.8. The monoisotopic (exact) mass is 269 g/mol. The molecular formula is C15H27NO3. The molecule has 0 aliphatic carbocycles. The van der Waals surface area contributed by atoms with E-state index in [1.807, 2.05) is 0 Å². The van der Waals surface area contributed by atoms with Crippen LogP contribution in [0.3, 0.4) is 0 Å². The van der Waals surface area contributed by atoms with Crippen LogP contribution in [-0.4, -0.2) is 25.0 Å². The summed E-state index contributed by atoms with van der Waals surface area (Å²) < 4.78 is 4.98. The van der Waals surface area contributed by atoms with E-state index in [4.69, 9.17) is 4.74 Å². The molecule has 0 bridgehead atoms. The molecule has 1 saturated heterocycles. The molecule has 1 N–H and O–H groups in total. The average molecular weight is 269 g/mol. The van der Waals surface area contributed by atoms with Gasteiger partial charge in [0.05, 0.1) is 6.61 Å². The minimum Gasteiger partial charge on any atom is -0.462 e. The fourth-order valence-electron chi connectivity index (χ4n) is 1.72. The number of amides is 1. The highest BCUT2D eigenvalue weighted by Gasteiger charge is 2.07. The Balaban J connectivity index is 0.000000443. The molecule has 1 rings (SSSR count). The summed E-state index contributed by atoms with van der Waals surface area (Å²) >= 11 is 0. The number of carbonyl (C=O) groups is 2. The molecule has 0 spiro atoms. The Kier molecular flexibility index (Phi) is 10.9. The molecule has 1 aliphatic heterocycles. The van der Waals surface area contributed by atoms with E-state index >= 15 is 0 Å². The van der Waals surface area contributed by atoms with Gasteiger partial charge in [0.1, 0.15) is 0 Å². The normalized spacial score (nSPS) is 14.9. The van der Waals surface area contributed by atoms with E-state index in [-0.39, 0.29) is 11.9 Å². The summed E-state index contributed by atoms with van der Waals surface area (Å²) in [5, 5.41) is 2.68. The summed E-state index contributed by atoms with van der Waals surface area (Å²) in [6.07, 6.45) is 7.61. The van der Waals surface area contributed by atoms with Crippen LogP contribution < -0.4 is 5.32 Å². The zero-order valence-electron chi connectivity index (χ0n) is 12.2. The molecule has 1 atom stereocenters. The molecule has 0 radical (unpaired) electrons. The van der Waals surface area contributed by atoms with Crippen molar-refractivity contribution in [2.75, 3.05) is 13.2 Å². The molecule has 0 aromatic carbocycles. The van der Waals surface area contributed by atoms with Gasteiger partial charge in [0, 0.05) is 19.0 Å². The van der Waals surface area contributed by atoms with E-state index in [0.717, 1.165) is 32.2 Å². The van der Waals surface area contributed by atoms with Crippen molar-refractivity contribution in [1.29, 1.82) is 0 Å². The van der Waals surface area contributed by atoms with E-state index in [2.05, 4.69) is 25.7 Å². The molecule has 0 aromatic rings. The Hall–Kier alpha value is -1.32. The van der Waals surface area contributed by atoms with Crippen LogP contribution >= 0.6 is 0 Å². The van der Waals surface area contributed by atoms with Gasteiger partial charge in [0.2, 0.25) is 5.91 Å². The first-order valence-corrected chi connectivity index (χ1v) is 7.19. The third-order valence-corrected chi connectivity index (χ3v) is 3.07. The zero-order chi connectivity index (χ0) is 14.5. The molecule has 19 heavy (non-hydrogen) atoms. The highest BCUT2D eigenvalue weighted by Crippen LogP contribution is 2.12. The first kappa shape index (κ1) is 17.7. The third kappa shape index (κ3) is 10.3. The van der Waals surface area contributed by atoms with Crippen LogP contribution in [0, 0.1) is 5.92 Å². The van der Waals surface area contributed by atoms with Crippen LogP contribution in [0.25, 0.3) is 0 Å². The summed E-state index contributed by atoms with van der Waals surface area (Å²) in [6, 6.07) is 0. The van der Waals surface area contributed by atoms with E-state index in [0.29, 0.717) is 12.5 Å². The van der Waals surface area contributed by atoms with Crippen molar-refractivity contribution >= 4 is 11.9 Å². The van der Waals surface area contributed by atoms with Crippen molar-refractivity contribution in [2.24, 2.45) is 5.92 Å². The molecule has 1 unspecified atom stereocenters. The van der Waals surface area contributed by atoms with Gasteiger partial charge in [-0.2, -0.15) is 0 Å². The molecular weight excluding hydrogens is 242 g/mol. The van der Waals surface area contributed by atoms with Crippen molar-refractivity contribution in [3.05, 3.63) is 12.7 Å². The number of hydrogen-bond acceptors (Lipinski definition) is 3. The summed E-state index contributed by atoms with van der Waals surface area (Å²) in [5.41, 5.74) is 0. The second kappa shape index (κ2) is 11.8. The smallest absolute Gasteiger partial charge is 0.330 e. The lowest BCUT2D eigenvalue weighted by Gasteiger charge is -2.13. The Morgan fingerprint density at radius 3 is 2.63 bits per heavy atom. The van der Waals surface area contributed by atoms with Gasteiger partial charge in [0.25, 0.3) is 0 Å². The number of hydrogen-bond donors (Lipinski definition) is 1. The van der Waals surface area contributed by atoms with Crippen molar-refractivity contribution < 1.29 is 14.3 Å². The molecule has 1 amide bonds. The molecule has 1 aliphatic rings. The summed E-state index contributed by atoms with van der Waals surface area (Å²) in [4.78, 5) is 20.9. The molecule has 4 nitrogen and oxygen atoms in total. The number of ether oxygens (including phenoxy) is 1. The second-order valence-corrected chi connectivity index (χ2v) is 4.70. The Morgan fingerprint density at radius 1 is 1.53 bits per heavy atom. The van der Waals surface area contributed by atoms with Crippen molar-refractivity contribution in [3.63, 3.8) is 0 Å². The van der Waals surface area contributed by atoms with Gasteiger partial charge in [0.15, 0.2) is 0 Å². The molecule has 110 valence electrons. The number of carbonyl (C=O) groups excluding carboxylic acids is 2. The molecule has 4 heteroatoms. The van der Waals surface area contributed by atoms with Crippen LogP contribution in [0.5, 0.6) is 0 Å². The fourth-order valence-corrected chi connectivity index (χ4v) is 1.72. The highest BCUT2D eigenvalue weighted by molar-refractivity contribution is 5.81. The number of rotatable bonds is 7. The predicted octanol–water partition coefficient (Wildman–Crippen LogP) is 2.83. The topological polar surface area (TPSA) is 55.4 Å². The van der Waals surface area contributed by atoms with E-state index in [1.165, 1.54) is 18.9 Å². The van der Waals surface area contributed by atoms with Crippen LogP contribution in [0.15, 0.2) is 12.7 Å². The maximum absolute atomic E-state index is 10.8. The second-order valence-electron chi connectivity index (χ2n) is 4.70. The number of unbranched alkanes of at least 4 members (excludes halogenated alkanes) is 1. The molecule has 1 heterocycles. The fraction of sp³-hybridized carbons (Fsp3) is 0.733. The minimum atomic E-state index is -0.310. The standard InChI is InChI=1S/C11H20O2.C4H7NO/c1-4-7-8-10(5-2)9-13-11(12)6-3;6-4-2-1-3-5-4/h6,10H,3-5,7-9H2,1-2H3;1-3H2,(H,5,6). The first-order valence-electron chi connectivity index (χ1n) is 7.19. The SMILES string of the molecule is C=CC(=O)OCC(CC)CCCC.O=C1CCCN1. The highest BCUT2D eigenvalue weighted by atomic mass is 16.5. The Labute approximate surface area is 116 Å². The summed E-state index contributed by atoms with van der Waals surface area (Å²) in [7, 11) is 0. The first-order chi connectivity index (χ1) is 9.13. The quantitative estimate of drug-likeness (QED) is 0.571. The lowest BCUT2D eigenvalue weighted by atomic mass is 10.0. The van der Waals surface area contributed by atoms with Gasteiger partial charge >= 0.3 is 5.97 Å². The Morgan fingerprint density at radius 2 is 2.26 bits per heavy atom. The van der Waals surface area contributed by atoms with Crippen LogP contribution in [0.2, 0.25) is 0 Å². The van der Waals surface area contributed by atoms with E-state index < -0.39 is 0 Å². The number of esters is 1. The van der Waals surface area contributed by atoms with E-state index in [9.17, 15) is 9.59 Å². The summed E-state index contributed by atoms with van der Waals surface area (Å²) in [6.45, 7) is 9.08. The van der Waals surface area contributed by atoms with Crippen molar-refractivity contribution in [1.82, 2.24) is 5.32 Å². The molecule has 0 saturated carbocycles. The maximum Gasteiger partial charge on any atom is 0.330 e. The van der Waals surface area contributed by atoms with Gasteiger partial charge in [-0.1, -0.05) is 39.7 Å². The van der Waals surface area contributed by atoms with Gasteiger partial charge in [-0.05, 0) is 18.8 Å². The van der Waals surface area contributed by atoms with Gasteiger partial charge < -0.3 is 10.1 Å². The summed E-state index contributed by atoms with van der Waals surface area (Å²) in [5.74, 6) is 0.411. The van der Waals surface area contributed by atoms with Crippen molar-refractivity contribution in [2.45, 2.75) is 52.4 Å². The number of nitrogens with one attached hydrogen (secondary N) is 1. The van der Waals surface area contributed by atoms with E-state index in [1.54, 1.807) is 0 Å². The van der Waals surface area contributed by atoms with Crippen LogP contribution in [-0.2, 0) is 14.3 Å². The molecule has 1 fully saturated rings. The van der Waals surface area contributed by atoms with Gasteiger partial charge in [-0.25, -0.2) is 4.79 Å². The average Bonchev–Trinajstić information content (AvgIpc) is 2.90. The predicted molar refractivity (Wildman–Crippen MR) is 76.7 cm³/mol. The van der Waals surface area contributed by atoms with Crippen LogP contribution in [0.4, 0.5) is 0 Å².